The summed E-state index contributed by atoms with van der Waals surface area (Å²) in [6, 6.07) is 3.82. The molecule has 1 aromatic carbocycles. The van der Waals surface area contributed by atoms with E-state index < -0.39 is 0 Å². The van der Waals surface area contributed by atoms with E-state index in [2.05, 4.69) is 22.3 Å². The standard InChI is InChI=1S/C14H17N3O2S/c1-17(7-11-8-20-9-16-11)6-10-4-13-14(5-12(10)15)19-3-2-18-13/h4-5,8-9H,2-3,6-7,15H2,1H3. The van der Waals surface area contributed by atoms with E-state index in [0.717, 1.165) is 41.5 Å². The van der Waals surface area contributed by atoms with Crippen molar-refractivity contribution in [2.75, 3.05) is 26.0 Å². The summed E-state index contributed by atoms with van der Waals surface area (Å²) in [6.07, 6.45) is 0. The van der Waals surface area contributed by atoms with Crippen molar-refractivity contribution in [1.29, 1.82) is 0 Å². The predicted octanol–water partition coefficient (Wildman–Crippen LogP) is 2.13. The number of nitrogens with two attached hydrogens (primary N) is 1. The maximum Gasteiger partial charge on any atom is 0.163 e. The number of hydrogen-bond donors (Lipinski definition) is 1. The minimum atomic E-state index is 0.579. The topological polar surface area (TPSA) is 60.6 Å². The molecular formula is C14H17N3O2S. The Morgan fingerprint density at radius 1 is 1.25 bits per heavy atom. The van der Waals surface area contributed by atoms with Gasteiger partial charge in [-0.25, -0.2) is 4.98 Å². The molecule has 106 valence electrons. The summed E-state index contributed by atoms with van der Waals surface area (Å²) in [5.74, 6) is 1.52. The third-order valence-corrected chi connectivity index (χ3v) is 3.79. The van der Waals surface area contributed by atoms with Crippen molar-refractivity contribution in [3.8, 4) is 11.5 Å². The molecule has 0 atom stereocenters. The monoisotopic (exact) mass is 291 g/mol. The lowest BCUT2D eigenvalue weighted by atomic mass is 10.1. The lowest BCUT2D eigenvalue weighted by Gasteiger charge is -2.22. The summed E-state index contributed by atoms with van der Waals surface area (Å²) in [4.78, 5) is 6.47. The summed E-state index contributed by atoms with van der Waals surface area (Å²) in [6.45, 7) is 2.72. The first-order valence-electron chi connectivity index (χ1n) is 6.46. The Kier molecular flexibility index (Phi) is 3.75. The van der Waals surface area contributed by atoms with Gasteiger partial charge in [0.25, 0.3) is 0 Å². The molecule has 1 aromatic heterocycles. The van der Waals surface area contributed by atoms with Gasteiger partial charge in [-0.3, -0.25) is 4.90 Å². The quantitative estimate of drug-likeness (QED) is 0.874. The van der Waals surface area contributed by atoms with Gasteiger partial charge in [0.1, 0.15) is 13.2 Å². The summed E-state index contributed by atoms with van der Waals surface area (Å²) >= 11 is 1.61. The number of nitrogens with zero attached hydrogens (tertiary/aromatic N) is 2. The predicted molar refractivity (Wildman–Crippen MR) is 79.1 cm³/mol. The smallest absolute Gasteiger partial charge is 0.163 e. The Balaban J connectivity index is 1.73. The normalized spacial score (nSPS) is 13.7. The molecule has 0 amide bonds. The lowest BCUT2D eigenvalue weighted by molar-refractivity contribution is 0.171. The summed E-state index contributed by atoms with van der Waals surface area (Å²) < 4.78 is 11.1. The minimum Gasteiger partial charge on any atom is -0.486 e. The van der Waals surface area contributed by atoms with Gasteiger partial charge in [-0.05, 0) is 18.7 Å². The van der Waals surface area contributed by atoms with Crippen molar-refractivity contribution < 1.29 is 9.47 Å². The molecule has 1 aliphatic heterocycles. The fourth-order valence-corrected chi connectivity index (χ4v) is 2.77. The average molecular weight is 291 g/mol. The summed E-state index contributed by atoms with van der Waals surface area (Å²) in [5, 5.41) is 2.06. The molecule has 0 fully saturated rings. The van der Waals surface area contributed by atoms with E-state index in [1.54, 1.807) is 11.3 Å². The molecule has 0 aliphatic carbocycles. The second-order valence-corrected chi connectivity index (χ2v) is 5.57. The molecule has 0 radical (unpaired) electrons. The number of thiazole rings is 1. The van der Waals surface area contributed by atoms with E-state index in [0.29, 0.717) is 13.2 Å². The van der Waals surface area contributed by atoms with Crippen LogP contribution in [0.25, 0.3) is 0 Å². The van der Waals surface area contributed by atoms with Crippen LogP contribution in [0.2, 0.25) is 0 Å². The highest BCUT2D eigenvalue weighted by molar-refractivity contribution is 7.07. The molecule has 2 heterocycles. The number of aromatic nitrogens is 1. The van der Waals surface area contributed by atoms with Crippen LogP contribution >= 0.6 is 11.3 Å². The van der Waals surface area contributed by atoms with E-state index >= 15 is 0 Å². The Morgan fingerprint density at radius 2 is 2.00 bits per heavy atom. The van der Waals surface area contributed by atoms with E-state index in [-0.39, 0.29) is 0 Å². The largest absolute Gasteiger partial charge is 0.486 e. The maximum atomic E-state index is 6.09. The zero-order valence-electron chi connectivity index (χ0n) is 11.3. The Labute approximate surface area is 121 Å². The van der Waals surface area contributed by atoms with Crippen LogP contribution in [0.1, 0.15) is 11.3 Å². The fraction of sp³-hybridized carbons (Fsp3) is 0.357. The molecule has 0 saturated heterocycles. The molecule has 2 N–H and O–H groups in total. The second-order valence-electron chi connectivity index (χ2n) is 4.85. The molecule has 0 spiro atoms. The SMILES string of the molecule is CN(Cc1cscn1)Cc1cc2c(cc1N)OCCO2. The molecule has 2 aromatic rings. The lowest BCUT2D eigenvalue weighted by Crippen LogP contribution is -2.20. The third-order valence-electron chi connectivity index (χ3n) is 3.16. The van der Waals surface area contributed by atoms with E-state index in [4.69, 9.17) is 15.2 Å². The van der Waals surface area contributed by atoms with Gasteiger partial charge in [0.05, 0.1) is 11.2 Å². The van der Waals surface area contributed by atoms with Crippen LogP contribution < -0.4 is 15.2 Å². The number of fused-ring (bicyclic) bond motifs is 1. The average Bonchev–Trinajstić information content (AvgIpc) is 2.92. The van der Waals surface area contributed by atoms with Gasteiger partial charge in [0.15, 0.2) is 11.5 Å². The molecule has 20 heavy (non-hydrogen) atoms. The van der Waals surface area contributed by atoms with E-state index in [9.17, 15) is 0 Å². The molecule has 6 heteroatoms. The van der Waals surface area contributed by atoms with Gasteiger partial charge < -0.3 is 15.2 Å². The van der Waals surface area contributed by atoms with Crippen molar-refractivity contribution in [2.24, 2.45) is 0 Å². The number of hydrogen-bond acceptors (Lipinski definition) is 6. The fourth-order valence-electron chi connectivity index (χ4n) is 2.22. The number of nitrogen functional groups attached to an aromatic ring is 1. The van der Waals surface area contributed by atoms with Crippen LogP contribution in [0.3, 0.4) is 0 Å². The van der Waals surface area contributed by atoms with Crippen LogP contribution in [0.5, 0.6) is 11.5 Å². The Morgan fingerprint density at radius 3 is 2.70 bits per heavy atom. The molecule has 3 rings (SSSR count). The molecule has 0 saturated carbocycles. The van der Waals surface area contributed by atoms with Crippen molar-refractivity contribution in [3.05, 3.63) is 34.3 Å². The second kappa shape index (κ2) is 5.68. The summed E-state index contributed by atoms with van der Waals surface area (Å²) in [5.41, 5.74) is 10.8. The Bertz CT molecular complexity index is 586. The van der Waals surface area contributed by atoms with Gasteiger partial charge in [-0.2, -0.15) is 0 Å². The van der Waals surface area contributed by atoms with E-state index in [1.807, 2.05) is 17.6 Å². The molecule has 5 nitrogen and oxygen atoms in total. The highest BCUT2D eigenvalue weighted by Crippen LogP contribution is 2.34. The van der Waals surface area contributed by atoms with Crippen molar-refractivity contribution in [1.82, 2.24) is 9.88 Å². The maximum absolute atomic E-state index is 6.09. The van der Waals surface area contributed by atoms with Crippen LogP contribution in [0, 0.1) is 0 Å². The minimum absolute atomic E-state index is 0.579. The number of ether oxygens (including phenoxy) is 2. The molecular weight excluding hydrogens is 274 g/mol. The first-order valence-corrected chi connectivity index (χ1v) is 7.40. The summed E-state index contributed by atoms with van der Waals surface area (Å²) in [7, 11) is 2.05. The van der Waals surface area contributed by atoms with Gasteiger partial charge in [-0.15, -0.1) is 11.3 Å². The molecule has 1 aliphatic rings. The van der Waals surface area contributed by atoms with Gasteiger partial charge >= 0.3 is 0 Å². The van der Waals surface area contributed by atoms with E-state index in [1.165, 1.54) is 0 Å². The molecule has 0 bridgehead atoms. The highest BCUT2D eigenvalue weighted by atomic mass is 32.1. The van der Waals surface area contributed by atoms with Crippen molar-refractivity contribution >= 4 is 17.0 Å². The Hall–Kier alpha value is -1.79. The number of anilines is 1. The zero-order chi connectivity index (χ0) is 13.9. The highest BCUT2D eigenvalue weighted by Gasteiger charge is 2.15. The van der Waals surface area contributed by atoms with Crippen LogP contribution in [0.4, 0.5) is 5.69 Å². The van der Waals surface area contributed by atoms with Crippen LogP contribution in [-0.2, 0) is 13.1 Å². The van der Waals surface area contributed by atoms with Crippen LogP contribution in [0.15, 0.2) is 23.0 Å². The third kappa shape index (κ3) is 2.86. The van der Waals surface area contributed by atoms with Gasteiger partial charge in [-0.1, -0.05) is 0 Å². The van der Waals surface area contributed by atoms with Crippen LogP contribution in [-0.4, -0.2) is 30.1 Å². The van der Waals surface area contributed by atoms with Gasteiger partial charge in [0, 0.05) is 30.2 Å². The molecule has 0 unspecified atom stereocenters. The van der Waals surface area contributed by atoms with Crippen molar-refractivity contribution in [2.45, 2.75) is 13.1 Å². The van der Waals surface area contributed by atoms with Crippen molar-refractivity contribution in [3.63, 3.8) is 0 Å². The number of rotatable bonds is 4. The number of benzene rings is 1. The first-order chi connectivity index (χ1) is 9.72. The first kappa shape index (κ1) is 13.2. The van der Waals surface area contributed by atoms with Gasteiger partial charge in [0.2, 0.25) is 0 Å². The zero-order valence-corrected chi connectivity index (χ0v) is 12.2.